The van der Waals surface area contributed by atoms with Crippen LogP contribution in [0.5, 0.6) is 0 Å². The zero-order valence-corrected chi connectivity index (χ0v) is 19.9. The van der Waals surface area contributed by atoms with Crippen LogP contribution in [0, 0.1) is 5.41 Å². The molecule has 2 aromatic rings. The summed E-state index contributed by atoms with van der Waals surface area (Å²) in [5.41, 5.74) is 0.179. The molecule has 0 atom stereocenters. The lowest BCUT2D eigenvalue weighted by molar-refractivity contribution is -0.126. The molecule has 3 rings (SSSR count). The van der Waals surface area contributed by atoms with Crippen LogP contribution in [0.1, 0.15) is 55.4 Å². The monoisotopic (exact) mass is 402 g/mol. The maximum absolute atomic E-state index is 8.95. The highest BCUT2D eigenvalue weighted by molar-refractivity contribution is 6.43. The second-order valence-corrected chi connectivity index (χ2v) is 9.50. The van der Waals surface area contributed by atoms with Crippen molar-refractivity contribution in [1.29, 1.82) is 0 Å². The molecule has 1 fully saturated rings. The second-order valence-electron chi connectivity index (χ2n) is 9.50. The minimum atomic E-state index is -0.160. The fraction of sp³-hybridized carbons (Fsp3) is 0.542. The number of hydrogen-bond acceptors (Lipinski definition) is 4. The summed E-state index contributed by atoms with van der Waals surface area (Å²) in [6.45, 7) is 19.3. The van der Waals surface area contributed by atoms with E-state index in [-0.39, 0.29) is 18.3 Å². The lowest BCUT2D eigenvalue weighted by Crippen LogP contribution is -2.41. The molecule has 29 heavy (non-hydrogen) atoms. The molecule has 0 radical (unpaired) electrons. The summed E-state index contributed by atoms with van der Waals surface area (Å²) in [5, 5.41) is 2.62. The zero-order chi connectivity index (χ0) is 22.7. The Bertz CT molecular complexity index is 633. The Balaban J connectivity index is 0.000000390. The van der Waals surface area contributed by atoms with E-state index in [1.165, 1.54) is 17.9 Å². The van der Waals surface area contributed by atoms with Gasteiger partial charge in [0.2, 0.25) is 0 Å². The molecule has 0 aromatic heterocycles. The molecule has 0 spiro atoms. The summed E-state index contributed by atoms with van der Waals surface area (Å²) in [6.07, 6.45) is 0. The maximum Gasteiger partial charge on any atom is 0.454 e. The van der Waals surface area contributed by atoms with Crippen molar-refractivity contribution in [2.45, 2.75) is 73.4 Å². The number of rotatable bonds is 1. The van der Waals surface area contributed by atoms with E-state index in [1.54, 1.807) is 0 Å². The van der Waals surface area contributed by atoms with Gasteiger partial charge < -0.3 is 14.0 Å². The first-order valence-electron chi connectivity index (χ1n) is 9.99. The van der Waals surface area contributed by atoms with Crippen molar-refractivity contribution in [3.8, 4) is 0 Å². The molecule has 4 nitrogen and oxygen atoms in total. The van der Waals surface area contributed by atoms with Crippen molar-refractivity contribution >= 4 is 24.4 Å². The van der Waals surface area contributed by atoms with E-state index in [0.29, 0.717) is 11.9 Å². The fourth-order valence-corrected chi connectivity index (χ4v) is 2.27. The lowest BCUT2D eigenvalue weighted by atomic mass is 9.90. The molecule has 0 saturated carbocycles. The van der Waals surface area contributed by atoms with E-state index in [4.69, 9.17) is 14.1 Å². The van der Waals surface area contributed by atoms with Crippen molar-refractivity contribution in [3.63, 3.8) is 0 Å². The van der Waals surface area contributed by atoms with Gasteiger partial charge >= 0.3 is 7.12 Å². The van der Waals surface area contributed by atoms with Crippen LogP contribution in [0.3, 0.4) is 0 Å². The highest BCUT2D eigenvalue weighted by Crippen LogP contribution is 2.36. The summed E-state index contributed by atoms with van der Waals surface area (Å²) in [4.78, 5) is 8.95. The molecule has 0 unspecified atom stereocenters. The number of fused-ring (bicyclic) bond motifs is 1. The number of carbonyl (C=O) groups excluding carboxylic acids is 1. The van der Waals surface area contributed by atoms with E-state index in [1.807, 2.05) is 6.82 Å². The van der Waals surface area contributed by atoms with E-state index in [2.05, 4.69) is 109 Å². The van der Waals surface area contributed by atoms with Gasteiger partial charge in [0.05, 0.1) is 18.3 Å². The molecule has 1 aliphatic heterocycles. The van der Waals surface area contributed by atoms with Gasteiger partial charge in [-0.1, -0.05) is 76.2 Å². The topological polar surface area (TPSA) is 44.8 Å². The number of ether oxygens (including phenoxy) is 1. The molecule has 0 bridgehead atoms. The van der Waals surface area contributed by atoms with Crippen LogP contribution < -0.4 is 0 Å². The van der Waals surface area contributed by atoms with Gasteiger partial charge in [0.15, 0.2) is 0 Å². The minimum Gasteiger partial charge on any atom is -0.471 e. The van der Waals surface area contributed by atoms with E-state index < -0.39 is 0 Å². The van der Waals surface area contributed by atoms with Crippen molar-refractivity contribution in [1.82, 2.24) is 0 Å². The number of benzene rings is 2. The van der Waals surface area contributed by atoms with Crippen LogP contribution in [0.15, 0.2) is 48.5 Å². The normalized spacial score (nSPS) is 16.3. The van der Waals surface area contributed by atoms with Gasteiger partial charge in [-0.15, -0.1) is 0 Å². The van der Waals surface area contributed by atoms with Crippen LogP contribution in [-0.2, 0) is 18.8 Å². The van der Waals surface area contributed by atoms with Gasteiger partial charge in [-0.05, 0) is 50.7 Å². The predicted octanol–water partition coefficient (Wildman–Crippen LogP) is 6.39. The molecule has 162 valence electrons. The first-order valence-corrected chi connectivity index (χ1v) is 9.99. The van der Waals surface area contributed by atoms with Gasteiger partial charge in [-0.25, -0.2) is 0 Å². The Labute approximate surface area is 178 Å². The highest BCUT2D eigenvalue weighted by Gasteiger charge is 2.48. The number of hydrogen-bond donors (Lipinski definition) is 0. The summed E-state index contributed by atoms with van der Waals surface area (Å²) >= 11 is 0. The van der Waals surface area contributed by atoms with Crippen LogP contribution in [0.2, 0.25) is 6.82 Å². The molecule has 0 amide bonds. The fourth-order valence-electron chi connectivity index (χ4n) is 2.27. The van der Waals surface area contributed by atoms with Crippen molar-refractivity contribution in [2.24, 2.45) is 5.41 Å². The molecule has 0 N–H and O–H groups in total. The van der Waals surface area contributed by atoms with Crippen molar-refractivity contribution in [2.75, 3.05) is 7.11 Å². The van der Waals surface area contributed by atoms with Crippen molar-refractivity contribution in [3.05, 3.63) is 48.5 Å². The second kappa shape index (κ2) is 12.0. The molecular formula is C24H39BO4. The van der Waals surface area contributed by atoms with E-state index in [0.717, 1.165) is 0 Å². The highest BCUT2D eigenvalue weighted by atomic mass is 16.7. The first kappa shape index (κ1) is 27.2. The average Bonchev–Trinajstić information content (AvgIpc) is 2.79. The number of methoxy groups -OCH3 is 1. The third kappa shape index (κ3) is 11.7. The van der Waals surface area contributed by atoms with Crippen LogP contribution in [0.25, 0.3) is 10.8 Å². The SMILES string of the molecule is CB1OC(C)(C)C(C)(C)O1.CC(C)(C)C.COC=O.c1ccc2ccccc2c1. The Kier molecular flexibility index (Phi) is 11.2. The van der Waals surface area contributed by atoms with E-state index in [9.17, 15) is 0 Å². The first-order chi connectivity index (χ1) is 13.2. The third-order valence-electron chi connectivity index (χ3n) is 4.13. The molecule has 5 heteroatoms. The Morgan fingerprint density at radius 1 is 0.828 bits per heavy atom. The quantitative estimate of drug-likeness (QED) is 0.410. The average molecular weight is 402 g/mol. The smallest absolute Gasteiger partial charge is 0.454 e. The van der Waals surface area contributed by atoms with Gasteiger partial charge in [0.1, 0.15) is 0 Å². The lowest BCUT2D eigenvalue weighted by Gasteiger charge is -2.32. The predicted molar refractivity (Wildman–Crippen MR) is 124 cm³/mol. The third-order valence-corrected chi connectivity index (χ3v) is 4.13. The molecule has 1 heterocycles. The van der Waals surface area contributed by atoms with E-state index >= 15 is 0 Å². The summed E-state index contributed by atoms with van der Waals surface area (Å²) in [6, 6.07) is 16.7. The molecule has 1 aliphatic rings. The molecule has 0 aliphatic carbocycles. The summed E-state index contributed by atoms with van der Waals surface area (Å²) in [7, 11) is 1.25. The van der Waals surface area contributed by atoms with Gasteiger partial charge in [-0.3, -0.25) is 4.79 Å². The molecule has 1 saturated heterocycles. The van der Waals surface area contributed by atoms with Crippen LogP contribution >= 0.6 is 0 Å². The van der Waals surface area contributed by atoms with Gasteiger partial charge in [-0.2, -0.15) is 0 Å². The maximum atomic E-state index is 8.95. The van der Waals surface area contributed by atoms with Gasteiger partial charge in [0, 0.05) is 0 Å². The van der Waals surface area contributed by atoms with Gasteiger partial charge in [0.25, 0.3) is 6.47 Å². The standard InChI is InChI=1S/C10H8.C7H15BO2.C5H12.C2H4O2/c1-2-6-10-8-4-3-7-9(10)5-1;1-6(2)7(3,4)10-8(5)9-6;1-5(2,3)4;1-4-2-3/h1-8H;1-5H3;1-4H3;2H,1H3. The van der Waals surface area contributed by atoms with Crippen LogP contribution in [-0.4, -0.2) is 31.9 Å². The summed E-state index contributed by atoms with van der Waals surface area (Å²) in [5.74, 6) is 0. The Hall–Kier alpha value is -1.85. The molecule has 2 aromatic carbocycles. The zero-order valence-electron chi connectivity index (χ0n) is 19.9. The largest absolute Gasteiger partial charge is 0.471 e. The molecular weight excluding hydrogens is 363 g/mol. The summed E-state index contributed by atoms with van der Waals surface area (Å²) < 4.78 is 14.9. The van der Waals surface area contributed by atoms with Crippen LogP contribution in [0.4, 0.5) is 0 Å². The minimum absolute atomic E-state index is 0.0648. The van der Waals surface area contributed by atoms with Crippen molar-refractivity contribution < 1.29 is 18.8 Å². The Morgan fingerprint density at radius 3 is 1.21 bits per heavy atom. The number of carbonyl (C=O) groups is 1. The Morgan fingerprint density at radius 2 is 1.07 bits per heavy atom.